The third-order valence-corrected chi connectivity index (χ3v) is 5.05. The van der Waals surface area contributed by atoms with Gasteiger partial charge in [-0.2, -0.15) is 10.2 Å². The molecular weight excluding hydrogens is 374 g/mol. The molecular formula is C21H17N3O3S. The number of hydrogen-bond donors (Lipinski definition) is 0. The second kappa shape index (κ2) is 8.03. The van der Waals surface area contributed by atoms with Crippen molar-refractivity contribution < 1.29 is 13.6 Å². The minimum absolute atomic E-state index is 0.253. The average molecular weight is 391 g/mol. The molecule has 28 heavy (non-hydrogen) atoms. The molecule has 0 saturated heterocycles. The van der Waals surface area contributed by atoms with E-state index in [0.717, 1.165) is 22.0 Å². The van der Waals surface area contributed by atoms with Crippen LogP contribution in [0.25, 0.3) is 10.8 Å². The third-order valence-electron chi connectivity index (χ3n) is 4.19. The van der Waals surface area contributed by atoms with E-state index in [1.165, 1.54) is 11.3 Å². The van der Waals surface area contributed by atoms with E-state index >= 15 is 0 Å². The van der Waals surface area contributed by atoms with Crippen LogP contribution in [0.1, 0.15) is 17.0 Å². The molecule has 1 aromatic carbocycles. The van der Waals surface area contributed by atoms with Gasteiger partial charge in [0, 0.05) is 6.54 Å². The Labute approximate surface area is 166 Å². The molecule has 0 bridgehead atoms. The van der Waals surface area contributed by atoms with E-state index in [1.54, 1.807) is 13.4 Å². The predicted octanol–water partition coefficient (Wildman–Crippen LogP) is 5.08. The number of oxazole rings is 1. The fourth-order valence-electron chi connectivity index (χ4n) is 2.85. The maximum absolute atomic E-state index is 9.60. The van der Waals surface area contributed by atoms with E-state index in [4.69, 9.17) is 13.6 Å². The van der Waals surface area contributed by atoms with Crippen LogP contribution in [-0.4, -0.2) is 12.1 Å². The molecule has 0 saturated carbocycles. The van der Waals surface area contributed by atoms with Crippen LogP contribution in [0.2, 0.25) is 0 Å². The number of rotatable bonds is 7. The van der Waals surface area contributed by atoms with Gasteiger partial charge in [0.2, 0.25) is 17.5 Å². The highest BCUT2D eigenvalue weighted by Gasteiger charge is 2.22. The van der Waals surface area contributed by atoms with Gasteiger partial charge in [0.1, 0.15) is 17.6 Å². The van der Waals surface area contributed by atoms with Gasteiger partial charge in [-0.3, -0.25) is 0 Å². The van der Waals surface area contributed by atoms with E-state index in [-0.39, 0.29) is 5.69 Å². The molecule has 0 spiro atoms. The first-order valence-corrected chi connectivity index (χ1v) is 9.50. The standard InChI is InChI=1S/C21H17N3O3S/c1-25-16-8-6-15(7-9-16)13-24(14-17-4-2-10-26-17)21-18(12-22)23-20(27-21)19-5-3-11-28-19/h2-11H,13-14H2,1H3. The van der Waals surface area contributed by atoms with E-state index in [2.05, 4.69) is 11.1 Å². The summed E-state index contributed by atoms with van der Waals surface area (Å²) in [6, 6.07) is 17.5. The van der Waals surface area contributed by atoms with Crippen LogP contribution in [0.3, 0.4) is 0 Å². The van der Waals surface area contributed by atoms with Crippen LogP contribution in [0.15, 0.2) is 69.0 Å². The van der Waals surface area contributed by atoms with Gasteiger partial charge in [-0.15, -0.1) is 11.3 Å². The van der Waals surface area contributed by atoms with Crippen LogP contribution in [0.5, 0.6) is 5.75 Å². The minimum atomic E-state index is 0.253. The number of nitrogens with zero attached hydrogens (tertiary/aromatic N) is 3. The van der Waals surface area contributed by atoms with Crippen LogP contribution in [0, 0.1) is 11.3 Å². The maximum atomic E-state index is 9.60. The molecule has 7 heteroatoms. The van der Waals surface area contributed by atoms with Crippen molar-refractivity contribution in [3.63, 3.8) is 0 Å². The summed E-state index contributed by atoms with van der Waals surface area (Å²) in [6.07, 6.45) is 1.63. The molecule has 0 radical (unpaired) electrons. The smallest absolute Gasteiger partial charge is 0.240 e. The molecule has 3 heterocycles. The van der Waals surface area contributed by atoms with E-state index in [0.29, 0.717) is 24.9 Å². The highest BCUT2D eigenvalue weighted by atomic mass is 32.1. The Bertz CT molecular complexity index is 1060. The summed E-state index contributed by atoms with van der Waals surface area (Å²) in [4.78, 5) is 7.21. The van der Waals surface area contributed by atoms with E-state index in [9.17, 15) is 5.26 Å². The normalized spacial score (nSPS) is 10.6. The Kier molecular flexibility index (Phi) is 5.13. The number of methoxy groups -OCH3 is 1. The number of aromatic nitrogens is 1. The number of thiophene rings is 1. The highest BCUT2D eigenvalue weighted by Crippen LogP contribution is 2.32. The Morgan fingerprint density at radius 2 is 2.00 bits per heavy atom. The third kappa shape index (κ3) is 3.77. The summed E-state index contributed by atoms with van der Waals surface area (Å²) in [7, 11) is 1.64. The molecule has 6 nitrogen and oxygen atoms in total. The van der Waals surface area contributed by atoms with E-state index < -0.39 is 0 Å². The summed E-state index contributed by atoms with van der Waals surface area (Å²) in [5, 5.41) is 11.6. The van der Waals surface area contributed by atoms with Gasteiger partial charge in [0.15, 0.2) is 0 Å². The molecule has 0 aliphatic heterocycles. The number of anilines is 1. The fraction of sp³-hybridized carbons (Fsp3) is 0.143. The molecule has 0 aliphatic carbocycles. The highest BCUT2D eigenvalue weighted by molar-refractivity contribution is 7.13. The maximum Gasteiger partial charge on any atom is 0.240 e. The Balaban J connectivity index is 1.69. The molecule has 0 N–H and O–H groups in total. The van der Waals surface area contributed by atoms with E-state index in [1.807, 2.05) is 58.8 Å². The van der Waals surface area contributed by atoms with Crippen LogP contribution >= 0.6 is 11.3 Å². The van der Waals surface area contributed by atoms with Gasteiger partial charge >= 0.3 is 0 Å². The SMILES string of the molecule is COc1ccc(CN(Cc2ccco2)c2oc(-c3cccs3)nc2C#N)cc1. The molecule has 140 valence electrons. The van der Waals surface area contributed by atoms with Crippen molar-refractivity contribution in [3.8, 4) is 22.6 Å². The lowest BCUT2D eigenvalue weighted by Gasteiger charge is -2.21. The zero-order valence-corrected chi connectivity index (χ0v) is 16.0. The van der Waals surface area contributed by atoms with Gasteiger partial charge < -0.3 is 18.5 Å². The fourth-order valence-corrected chi connectivity index (χ4v) is 3.50. The number of furan rings is 1. The van der Waals surface area contributed by atoms with Crippen molar-refractivity contribution in [2.24, 2.45) is 0 Å². The lowest BCUT2D eigenvalue weighted by atomic mass is 10.2. The molecule has 4 aromatic rings. The summed E-state index contributed by atoms with van der Waals surface area (Å²) >= 11 is 1.52. The second-order valence-electron chi connectivity index (χ2n) is 6.05. The number of benzene rings is 1. The van der Waals surface area contributed by atoms with Gasteiger partial charge in [0.05, 0.1) is 24.8 Å². The number of ether oxygens (including phenoxy) is 1. The van der Waals surface area contributed by atoms with Crippen molar-refractivity contribution in [1.29, 1.82) is 5.26 Å². The van der Waals surface area contributed by atoms with Crippen molar-refractivity contribution in [1.82, 2.24) is 4.98 Å². The van der Waals surface area contributed by atoms with Crippen molar-refractivity contribution in [2.75, 3.05) is 12.0 Å². The number of hydrogen-bond acceptors (Lipinski definition) is 7. The summed E-state index contributed by atoms with van der Waals surface area (Å²) in [5.74, 6) is 2.43. The van der Waals surface area contributed by atoms with Crippen LogP contribution < -0.4 is 9.64 Å². The molecule has 0 amide bonds. The zero-order chi connectivity index (χ0) is 19.3. The van der Waals surface area contributed by atoms with Crippen LogP contribution in [-0.2, 0) is 13.1 Å². The van der Waals surface area contributed by atoms with Gasteiger partial charge in [-0.25, -0.2) is 0 Å². The molecule has 0 fully saturated rings. The summed E-state index contributed by atoms with van der Waals surface area (Å²) in [5.41, 5.74) is 1.30. The Morgan fingerprint density at radius 1 is 1.14 bits per heavy atom. The van der Waals surface area contributed by atoms with Crippen molar-refractivity contribution in [2.45, 2.75) is 13.1 Å². The first-order chi connectivity index (χ1) is 13.8. The topological polar surface area (TPSA) is 75.4 Å². The predicted molar refractivity (Wildman–Crippen MR) is 106 cm³/mol. The van der Waals surface area contributed by atoms with Gasteiger partial charge in [0.25, 0.3) is 0 Å². The minimum Gasteiger partial charge on any atom is -0.497 e. The first-order valence-electron chi connectivity index (χ1n) is 8.62. The monoisotopic (exact) mass is 391 g/mol. The summed E-state index contributed by atoms with van der Waals surface area (Å²) < 4.78 is 16.7. The molecule has 3 aromatic heterocycles. The average Bonchev–Trinajstić information content (AvgIpc) is 3.48. The molecule has 4 rings (SSSR count). The first kappa shape index (κ1) is 17.9. The van der Waals surface area contributed by atoms with Crippen LogP contribution in [0.4, 0.5) is 5.88 Å². The largest absolute Gasteiger partial charge is 0.497 e. The molecule has 0 unspecified atom stereocenters. The second-order valence-corrected chi connectivity index (χ2v) is 6.99. The molecule has 0 aliphatic rings. The Morgan fingerprint density at radius 3 is 2.64 bits per heavy atom. The quantitative estimate of drug-likeness (QED) is 0.437. The Hall–Kier alpha value is -3.50. The number of nitriles is 1. The van der Waals surface area contributed by atoms with Gasteiger partial charge in [-0.1, -0.05) is 18.2 Å². The summed E-state index contributed by atoms with van der Waals surface area (Å²) in [6.45, 7) is 0.977. The van der Waals surface area contributed by atoms with Gasteiger partial charge in [-0.05, 0) is 41.3 Å². The zero-order valence-electron chi connectivity index (χ0n) is 15.2. The van der Waals surface area contributed by atoms with Crippen molar-refractivity contribution >= 4 is 17.2 Å². The van der Waals surface area contributed by atoms with Crippen molar-refractivity contribution in [3.05, 3.63) is 77.2 Å². The molecule has 0 atom stereocenters. The lowest BCUT2D eigenvalue weighted by molar-refractivity contribution is 0.414. The lowest BCUT2D eigenvalue weighted by Crippen LogP contribution is -2.22.